The molecule has 2 aromatic rings. The summed E-state index contributed by atoms with van der Waals surface area (Å²) < 4.78 is 26.5. The molecule has 2 N–H and O–H groups in total. The van der Waals surface area contributed by atoms with Crippen LogP contribution in [0.4, 0.5) is 8.78 Å². The van der Waals surface area contributed by atoms with Gasteiger partial charge in [-0.1, -0.05) is 5.16 Å². The van der Waals surface area contributed by atoms with Crippen molar-refractivity contribution in [3.63, 3.8) is 0 Å². The highest BCUT2D eigenvalue weighted by Crippen LogP contribution is 2.31. The minimum absolute atomic E-state index is 0.0444. The van der Waals surface area contributed by atoms with Crippen LogP contribution in [0.5, 0.6) is 0 Å². The first-order valence-electron chi connectivity index (χ1n) is 9.68. The maximum atomic E-state index is 13.6. The summed E-state index contributed by atoms with van der Waals surface area (Å²) in [6.45, 7) is 0.335. The van der Waals surface area contributed by atoms with Crippen LogP contribution in [0.3, 0.4) is 0 Å². The van der Waals surface area contributed by atoms with E-state index in [4.69, 9.17) is 10.6 Å². The molecule has 1 aromatic carbocycles. The van der Waals surface area contributed by atoms with Gasteiger partial charge in [-0.3, -0.25) is 4.79 Å². The molecule has 2 aliphatic heterocycles. The molecule has 1 saturated heterocycles. The van der Waals surface area contributed by atoms with Crippen molar-refractivity contribution in [3.05, 3.63) is 65.0 Å². The predicted octanol–water partition coefficient (Wildman–Crippen LogP) is 2.66. The van der Waals surface area contributed by atoms with Crippen LogP contribution >= 0.6 is 0 Å². The van der Waals surface area contributed by atoms with E-state index in [0.717, 1.165) is 25.1 Å². The molecule has 1 unspecified atom stereocenters. The summed E-state index contributed by atoms with van der Waals surface area (Å²) in [7, 11) is 0. The number of carbonyl (C=O) groups excluding carboxylic acids is 2. The number of oxime groups is 1. The van der Waals surface area contributed by atoms with Gasteiger partial charge in [-0.05, 0) is 61.6 Å². The highest BCUT2D eigenvalue weighted by Gasteiger charge is 2.36. The molecule has 0 bridgehead atoms. The molecule has 1 fully saturated rings. The summed E-state index contributed by atoms with van der Waals surface area (Å²) in [5.74, 6) is -2.11. The largest absolute Gasteiger partial charge is 0.384 e. The van der Waals surface area contributed by atoms with Gasteiger partial charge in [-0.25, -0.2) is 18.6 Å². The Balaban J connectivity index is 1.46. The van der Waals surface area contributed by atoms with Crippen molar-refractivity contribution in [2.75, 3.05) is 6.54 Å². The lowest BCUT2D eigenvalue weighted by Gasteiger charge is -2.38. The fourth-order valence-electron chi connectivity index (χ4n) is 3.98. The predicted molar refractivity (Wildman–Crippen MR) is 104 cm³/mol. The minimum atomic E-state index is -0.853. The highest BCUT2D eigenvalue weighted by molar-refractivity contribution is 5.97. The Morgan fingerprint density at radius 1 is 1.17 bits per heavy atom. The molecule has 0 spiro atoms. The van der Waals surface area contributed by atoms with E-state index >= 15 is 0 Å². The van der Waals surface area contributed by atoms with E-state index in [0.29, 0.717) is 30.5 Å². The first-order chi connectivity index (χ1) is 14.4. The molecular formula is C21H20F2N4O3. The average Bonchev–Trinajstić information content (AvgIpc) is 2.88. The van der Waals surface area contributed by atoms with Gasteiger partial charge in [0.25, 0.3) is 5.91 Å². The number of hydrogen-bond donors (Lipinski definition) is 1. The molecule has 156 valence electrons. The summed E-state index contributed by atoms with van der Waals surface area (Å²) in [6.07, 6.45) is 3.69. The summed E-state index contributed by atoms with van der Waals surface area (Å²) in [5.41, 5.74) is 7.15. The van der Waals surface area contributed by atoms with Gasteiger partial charge in [-0.15, -0.1) is 0 Å². The zero-order chi connectivity index (χ0) is 21.3. The number of benzene rings is 1. The van der Waals surface area contributed by atoms with Crippen molar-refractivity contribution in [1.82, 2.24) is 9.88 Å². The van der Waals surface area contributed by atoms with E-state index in [1.807, 2.05) is 0 Å². The van der Waals surface area contributed by atoms with Gasteiger partial charge < -0.3 is 15.5 Å². The molecule has 30 heavy (non-hydrogen) atoms. The summed E-state index contributed by atoms with van der Waals surface area (Å²) in [4.78, 5) is 35.2. The van der Waals surface area contributed by atoms with Crippen LogP contribution in [0.2, 0.25) is 0 Å². The SMILES string of the molecule is N/C(=N\OC(=O)c1ccc(F)cn1)C1CC[C@H]2CCc3cc(F)ccc3C(=O)N2C1. The van der Waals surface area contributed by atoms with Crippen LogP contribution in [0.1, 0.15) is 45.7 Å². The zero-order valence-electron chi connectivity index (χ0n) is 16.1. The third kappa shape index (κ3) is 4.00. The van der Waals surface area contributed by atoms with Crippen molar-refractivity contribution in [2.45, 2.75) is 31.7 Å². The molecule has 0 aliphatic carbocycles. The molecule has 1 amide bonds. The smallest absolute Gasteiger partial charge is 0.383 e. The maximum absolute atomic E-state index is 13.6. The highest BCUT2D eigenvalue weighted by atomic mass is 19.1. The van der Waals surface area contributed by atoms with E-state index in [-0.39, 0.29) is 35.2 Å². The Labute approximate surface area is 171 Å². The monoisotopic (exact) mass is 414 g/mol. The van der Waals surface area contributed by atoms with Gasteiger partial charge in [-0.2, -0.15) is 0 Å². The minimum Gasteiger partial charge on any atom is -0.384 e. The van der Waals surface area contributed by atoms with Crippen LogP contribution in [0, 0.1) is 17.6 Å². The standard InChI is InChI=1S/C21H20F2N4O3/c22-14-3-7-17-12(9-14)1-5-16-6-2-13(11-27(16)20(17)28)19(24)26-30-21(29)18-8-4-15(23)10-25-18/h3-4,7-10,13,16H,1-2,5-6,11H2,(H2,24,26)/t13?,16-/m1/s1. The molecular weight excluding hydrogens is 394 g/mol. The molecule has 0 saturated carbocycles. The normalized spacial score (nSPS) is 21.5. The first-order valence-corrected chi connectivity index (χ1v) is 9.68. The number of nitrogens with two attached hydrogens (primary N) is 1. The molecule has 7 nitrogen and oxygen atoms in total. The molecule has 9 heteroatoms. The number of aromatic nitrogens is 1. The number of amides is 1. The number of piperidine rings is 1. The number of aryl methyl sites for hydroxylation is 1. The topological polar surface area (TPSA) is 97.9 Å². The molecule has 4 rings (SSSR count). The number of carbonyl (C=O) groups is 2. The lowest BCUT2D eigenvalue weighted by molar-refractivity contribution is 0.0489. The van der Waals surface area contributed by atoms with E-state index in [9.17, 15) is 18.4 Å². The first kappa shape index (κ1) is 19.9. The fourth-order valence-corrected chi connectivity index (χ4v) is 3.98. The van der Waals surface area contributed by atoms with Gasteiger partial charge in [0.1, 0.15) is 17.5 Å². The Kier molecular flexibility index (Phi) is 5.43. The maximum Gasteiger partial charge on any atom is 0.383 e. The Morgan fingerprint density at radius 3 is 2.73 bits per heavy atom. The van der Waals surface area contributed by atoms with Crippen LogP contribution in [-0.4, -0.2) is 40.2 Å². The summed E-state index contributed by atoms with van der Waals surface area (Å²) in [5, 5.41) is 3.71. The van der Waals surface area contributed by atoms with Crippen molar-refractivity contribution >= 4 is 17.7 Å². The van der Waals surface area contributed by atoms with Crippen LogP contribution in [0.25, 0.3) is 0 Å². The number of amidine groups is 1. The number of rotatable bonds is 3. The lowest BCUT2D eigenvalue weighted by atomic mass is 9.90. The number of hydrogen-bond acceptors (Lipinski definition) is 5. The number of halogens is 2. The van der Waals surface area contributed by atoms with Crippen LogP contribution in [0.15, 0.2) is 41.7 Å². The molecule has 2 atom stereocenters. The third-order valence-corrected chi connectivity index (χ3v) is 5.60. The number of pyridine rings is 1. The summed E-state index contributed by atoms with van der Waals surface area (Å²) >= 11 is 0. The summed E-state index contributed by atoms with van der Waals surface area (Å²) in [6, 6.07) is 6.55. The quantitative estimate of drug-likeness (QED) is 0.360. The van der Waals surface area contributed by atoms with Gasteiger partial charge in [0.05, 0.1) is 6.20 Å². The second kappa shape index (κ2) is 8.17. The van der Waals surface area contributed by atoms with Gasteiger partial charge in [0.2, 0.25) is 0 Å². The van der Waals surface area contributed by atoms with E-state index < -0.39 is 11.8 Å². The second-order valence-corrected chi connectivity index (χ2v) is 7.48. The van der Waals surface area contributed by atoms with Crippen LogP contribution < -0.4 is 5.73 Å². The Bertz CT molecular complexity index is 1010. The van der Waals surface area contributed by atoms with Gasteiger partial charge in [0.15, 0.2) is 5.69 Å². The van der Waals surface area contributed by atoms with E-state index in [1.54, 1.807) is 4.90 Å². The Hall–Kier alpha value is -3.36. The van der Waals surface area contributed by atoms with Crippen molar-refractivity contribution < 1.29 is 23.2 Å². The van der Waals surface area contributed by atoms with Crippen molar-refractivity contribution in [3.8, 4) is 0 Å². The van der Waals surface area contributed by atoms with Gasteiger partial charge in [0, 0.05) is 24.1 Å². The average molecular weight is 414 g/mol. The molecule has 2 aliphatic rings. The number of nitrogens with zero attached hydrogens (tertiary/aromatic N) is 3. The van der Waals surface area contributed by atoms with Crippen molar-refractivity contribution in [1.29, 1.82) is 0 Å². The van der Waals surface area contributed by atoms with E-state index in [2.05, 4.69) is 10.1 Å². The third-order valence-electron chi connectivity index (χ3n) is 5.60. The lowest BCUT2D eigenvalue weighted by Crippen LogP contribution is -2.49. The molecule has 1 aromatic heterocycles. The number of fused-ring (bicyclic) bond motifs is 2. The second-order valence-electron chi connectivity index (χ2n) is 7.48. The van der Waals surface area contributed by atoms with Crippen molar-refractivity contribution in [2.24, 2.45) is 16.8 Å². The van der Waals surface area contributed by atoms with Crippen LogP contribution in [-0.2, 0) is 11.3 Å². The Morgan fingerprint density at radius 2 is 1.97 bits per heavy atom. The van der Waals surface area contributed by atoms with E-state index in [1.165, 1.54) is 24.3 Å². The zero-order valence-corrected chi connectivity index (χ0v) is 16.1. The fraction of sp³-hybridized carbons (Fsp3) is 0.333. The molecule has 0 radical (unpaired) electrons. The molecule has 3 heterocycles. The van der Waals surface area contributed by atoms with Gasteiger partial charge >= 0.3 is 5.97 Å².